The Kier molecular flexibility index (Phi) is 5.87. The molecule has 1 atom stereocenters. The first kappa shape index (κ1) is 16.1. The van der Waals surface area contributed by atoms with Crippen molar-refractivity contribution in [3.8, 4) is 0 Å². The van der Waals surface area contributed by atoms with Crippen molar-refractivity contribution < 1.29 is 0 Å². The number of nitrogens with zero attached hydrogens (tertiary/aromatic N) is 4. The summed E-state index contributed by atoms with van der Waals surface area (Å²) in [7, 11) is 0. The van der Waals surface area contributed by atoms with E-state index < -0.39 is 0 Å². The summed E-state index contributed by atoms with van der Waals surface area (Å²) in [6.07, 6.45) is 2.99. The summed E-state index contributed by atoms with van der Waals surface area (Å²) in [5.74, 6) is 0. The van der Waals surface area contributed by atoms with Crippen LogP contribution < -0.4 is 5.32 Å². The SMILES string of the molecule is CCCNC(Cc1cc(C)nn1CC)c1snnc1CC. The van der Waals surface area contributed by atoms with Crippen LogP contribution in [-0.4, -0.2) is 25.9 Å². The summed E-state index contributed by atoms with van der Waals surface area (Å²) < 4.78 is 6.23. The highest BCUT2D eigenvalue weighted by atomic mass is 32.1. The van der Waals surface area contributed by atoms with Crippen molar-refractivity contribution in [2.24, 2.45) is 0 Å². The molecule has 2 aromatic heterocycles. The molecule has 5 nitrogen and oxygen atoms in total. The zero-order chi connectivity index (χ0) is 15.2. The van der Waals surface area contributed by atoms with Crippen molar-refractivity contribution in [2.75, 3.05) is 6.54 Å². The highest BCUT2D eigenvalue weighted by molar-refractivity contribution is 7.05. The van der Waals surface area contributed by atoms with Crippen LogP contribution in [0.15, 0.2) is 6.07 Å². The van der Waals surface area contributed by atoms with Gasteiger partial charge in [0.15, 0.2) is 0 Å². The van der Waals surface area contributed by atoms with Crippen molar-refractivity contribution in [1.29, 1.82) is 0 Å². The molecule has 0 aromatic carbocycles. The second-order valence-electron chi connectivity index (χ2n) is 5.24. The molecule has 0 radical (unpaired) electrons. The molecular weight excluding hydrogens is 282 g/mol. The van der Waals surface area contributed by atoms with E-state index in [1.54, 1.807) is 0 Å². The lowest BCUT2D eigenvalue weighted by molar-refractivity contribution is 0.505. The highest BCUT2D eigenvalue weighted by Gasteiger charge is 2.20. The van der Waals surface area contributed by atoms with E-state index in [0.717, 1.165) is 43.7 Å². The van der Waals surface area contributed by atoms with E-state index in [-0.39, 0.29) is 6.04 Å². The molecule has 2 rings (SSSR count). The predicted molar refractivity (Wildman–Crippen MR) is 86.7 cm³/mol. The van der Waals surface area contributed by atoms with Gasteiger partial charge in [-0.1, -0.05) is 18.3 Å². The van der Waals surface area contributed by atoms with E-state index in [4.69, 9.17) is 0 Å². The van der Waals surface area contributed by atoms with Gasteiger partial charge < -0.3 is 5.32 Å². The monoisotopic (exact) mass is 307 g/mol. The lowest BCUT2D eigenvalue weighted by atomic mass is 10.1. The maximum atomic E-state index is 4.55. The van der Waals surface area contributed by atoms with Gasteiger partial charge in [-0.05, 0) is 50.8 Å². The van der Waals surface area contributed by atoms with E-state index in [0.29, 0.717) is 0 Å². The first-order valence-corrected chi connectivity index (χ1v) is 8.54. The molecule has 2 heterocycles. The van der Waals surface area contributed by atoms with Gasteiger partial charge in [-0.2, -0.15) is 5.10 Å². The van der Waals surface area contributed by atoms with Gasteiger partial charge in [-0.3, -0.25) is 4.68 Å². The summed E-state index contributed by atoms with van der Waals surface area (Å²) in [6, 6.07) is 2.46. The van der Waals surface area contributed by atoms with Crippen LogP contribution in [0.3, 0.4) is 0 Å². The van der Waals surface area contributed by atoms with Gasteiger partial charge in [0.25, 0.3) is 0 Å². The van der Waals surface area contributed by atoms with Crippen molar-refractivity contribution in [2.45, 2.75) is 59.5 Å². The highest BCUT2D eigenvalue weighted by Crippen LogP contribution is 2.25. The molecule has 0 bridgehead atoms. The Morgan fingerprint density at radius 1 is 1.33 bits per heavy atom. The minimum absolute atomic E-state index is 0.279. The quantitative estimate of drug-likeness (QED) is 0.814. The van der Waals surface area contributed by atoms with Crippen LogP contribution in [0.2, 0.25) is 0 Å². The summed E-state index contributed by atoms with van der Waals surface area (Å²) >= 11 is 1.52. The average Bonchev–Trinajstić information content (AvgIpc) is 3.09. The third kappa shape index (κ3) is 3.89. The Morgan fingerprint density at radius 2 is 2.14 bits per heavy atom. The summed E-state index contributed by atoms with van der Waals surface area (Å²) in [4.78, 5) is 1.27. The number of rotatable bonds is 8. The molecule has 2 aromatic rings. The molecular formula is C15H25N5S. The van der Waals surface area contributed by atoms with Gasteiger partial charge in [0.05, 0.1) is 22.3 Å². The Hall–Kier alpha value is -1.27. The van der Waals surface area contributed by atoms with Crippen LogP contribution in [-0.2, 0) is 19.4 Å². The Morgan fingerprint density at radius 3 is 2.81 bits per heavy atom. The van der Waals surface area contributed by atoms with E-state index >= 15 is 0 Å². The maximum Gasteiger partial charge on any atom is 0.0801 e. The zero-order valence-corrected chi connectivity index (χ0v) is 14.2. The minimum Gasteiger partial charge on any atom is -0.309 e. The fraction of sp³-hybridized carbons (Fsp3) is 0.667. The van der Waals surface area contributed by atoms with Crippen LogP contribution >= 0.6 is 11.5 Å². The van der Waals surface area contributed by atoms with Crippen molar-refractivity contribution >= 4 is 11.5 Å². The number of nitrogens with one attached hydrogen (secondary N) is 1. The predicted octanol–water partition coefficient (Wildman–Crippen LogP) is 2.91. The van der Waals surface area contributed by atoms with Gasteiger partial charge in [0.2, 0.25) is 0 Å². The van der Waals surface area contributed by atoms with Gasteiger partial charge in [0, 0.05) is 18.7 Å². The third-order valence-corrected chi connectivity index (χ3v) is 4.46. The van der Waals surface area contributed by atoms with Crippen molar-refractivity contribution in [3.05, 3.63) is 28.0 Å². The van der Waals surface area contributed by atoms with E-state index in [9.17, 15) is 0 Å². The van der Waals surface area contributed by atoms with Crippen molar-refractivity contribution in [3.63, 3.8) is 0 Å². The maximum absolute atomic E-state index is 4.55. The lowest BCUT2D eigenvalue weighted by Gasteiger charge is -2.18. The van der Waals surface area contributed by atoms with Crippen LogP contribution in [0, 0.1) is 6.92 Å². The van der Waals surface area contributed by atoms with Gasteiger partial charge in [0.1, 0.15) is 0 Å². The van der Waals surface area contributed by atoms with Gasteiger partial charge in [-0.25, -0.2) is 0 Å². The summed E-state index contributed by atoms with van der Waals surface area (Å²) in [5, 5.41) is 12.5. The molecule has 116 valence electrons. The van der Waals surface area contributed by atoms with Crippen LogP contribution in [0.1, 0.15) is 55.2 Å². The van der Waals surface area contributed by atoms with Crippen molar-refractivity contribution in [1.82, 2.24) is 24.7 Å². The standard InChI is InChI=1S/C15H25N5S/c1-5-8-16-14(15-13(6-2)17-19-21-15)10-12-9-11(4)18-20(12)7-3/h9,14,16H,5-8,10H2,1-4H3. The fourth-order valence-electron chi connectivity index (χ4n) is 2.55. The fourth-order valence-corrected chi connectivity index (χ4v) is 3.36. The average molecular weight is 307 g/mol. The smallest absolute Gasteiger partial charge is 0.0801 e. The third-order valence-electron chi connectivity index (χ3n) is 3.58. The molecule has 0 aliphatic rings. The van der Waals surface area contributed by atoms with E-state index in [1.165, 1.54) is 22.1 Å². The molecule has 0 aliphatic carbocycles. The second-order valence-corrected chi connectivity index (χ2v) is 6.03. The van der Waals surface area contributed by atoms with Gasteiger partial charge in [-0.15, -0.1) is 5.10 Å². The molecule has 0 aliphatic heterocycles. The molecule has 0 saturated heterocycles. The first-order valence-electron chi connectivity index (χ1n) is 7.77. The van der Waals surface area contributed by atoms with Gasteiger partial charge >= 0.3 is 0 Å². The normalized spacial score (nSPS) is 12.8. The number of aromatic nitrogens is 4. The molecule has 21 heavy (non-hydrogen) atoms. The number of hydrogen-bond donors (Lipinski definition) is 1. The lowest BCUT2D eigenvalue weighted by Crippen LogP contribution is -2.25. The second kappa shape index (κ2) is 7.66. The minimum atomic E-state index is 0.279. The first-order chi connectivity index (χ1) is 10.2. The molecule has 0 fully saturated rings. The Bertz CT molecular complexity index is 560. The van der Waals surface area contributed by atoms with E-state index in [2.05, 4.69) is 58.4 Å². The largest absolute Gasteiger partial charge is 0.309 e. The van der Waals surface area contributed by atoms with Crippen LogP contribution in [0.4, 0.5) is 0 Å². The van der Waals surface area contributed by atoms with Crippen LogP contribution in [0.5, 0.6) is 0 Å². The molecule has 1 N–H and O–H groups in total. The van der Waals surface area contributed by atoms with E-state index in [1.807, 2.05) is 0 Å². The topological polar surface area (TPSA) is 55.6 Å². The molecule has 0 saturated carbocycles. The zero-order valence-electron chi connectivity index (χ0n) is 13.4. The number of hydrogen-bond acceptors (Lipinski definition) is 5. The Labute approximate surface area is 130 Å². The number of aryl methyl sites for hydroxylation is 3. The summed E-state index contributed by atoms with van der Waals surface area (Å²) in [6.45, 7) is 10.4. The Balaban J connectivity index is 2.23. The molecule has 0 spiro atoms. The molecule has 0 amide bonds. The van der Waals surface area contributed by atoms with Crippen LogP contribution in [0.25, 0.3) is 0 Å². The molecule has 1 unspecified atom stereocenters. The summed E-state index contributed by atoms with van der Waals surface area (Å²) in [5.41, 5.74) is 3.48. The molecule has 6 heteroatoms.